The van der Waals surface area contributed by atoms with Crippen LogP contribution in [-0.4, -0.2) is 25.4 Å². The Morgan fingerprint density at radius 3 is 2.60 bits per heavy atom. The van der Waals surface area contributed by atoms with Crippen LogP contribution in [0, 0.1) is 12.7 Å². The number of hydrogen-bond acceptors (Lipinski definition) is 2. The van der Waals surface area contributed by atoms with Gasteiger partial charge in [-0.1, -0.05) is 18.6 Å². The van der Waals surface area contributed by atoms with E-state index < -0.39 is 16.4 Å². The van der Waals surface area contributed by atoms with Crippen LogP contribution in [0.1, 0.15) is 43.2 Å². The molecule has 2 bridgehead atoms. The van der Waals surface area contributed by atoms with Crippen molar-refractivity contribution in [1.82, 2.24) is 0 Å². The van der Waals surface area contributed by atoms with Crippen LogP contribution < -0.4 is 0 Å². The molecule has 2 saturated heterocycles. The first kappa shape index (κ1) is 14.2. The topological polar surface area (TPSA) is 37.3 Å². The Morgan fingerprint density at radius 2 is 2.00 bits per heavy atom. The summed E-state index contributed by atoms with van der Waals surface area (Å²) in [6.07, 6.45) is 4.67. The van der Waals surface area contributed by atoms with Gasteiger partial charge in [0.1, 0.15) is 5.82 Å². The summed E-state index contributed by atoms with van der Waals surface area (Å²) in [4.78, 5) is 0. The molecule has 0 aromatic heterocycles. The van der Waals surface area contributed by atoms with E-state index in [-0.39, 0.29) is 16.3 Å². The molecule has 2 nitrogen and oxygen atoms in total. The summed E-state index contributed by atoms with van der Waals surface area (Å²) in [6.45, 7) is 1.74. The van der Waals surface area contributed by atoms with Crippen molar-refractivity contribution in [3.8, 4) is 0 Å². The van der Waals surface area contributed by atoms with Gasteiger partial charge in [-0.2, -0.15) is 0 Å². The minimum Gasteiger partial charge on any atom is -0.389 e. The molecule has 1 N–H and O–H groups in total. The average Bonchev–Trinajstić information content (AvgIpc) is 2.36. The van der Waals surface area contributed by atoms with Crippen LogP contribution in [0.4, 0.5) is 4.39 Å². The molecule has 0 radical (unpaired) electrons. The predicted molar refractivity (Wildman–Crippen MR) is 78.6 cm³/mol. The Hall–Kier alpha value is -0.740. The number of fused-ring (bicyclic) bond motifs is 2. The minimum absolute atomic E-state index is 0.128. The van der Waals surface area contributed by atoms with Crippen LogP contribution in [0.5, 0.6) is 0 Å². The third-order valence-corrected chi connectivity index (χ3v) is 6.81. The van der Waals surface area contributed by atoms with E-state index in [1.807, 2.05) is 6.07 Å². The van der Waals surface area contributed by atoms with Crippen LogP contribution in [0.3, 0.4) is 0 Å². The molecule has 2 unspecified atom stereocenters. The molecule has 20 heavy (non-hydrogen) atoms. The molecule has 110 valence electrons. The smallest absolute Gasteiger partial charge is 0.126 e. The molecule has 2 fully saturated rings. The Morgan fingerprint density at radius 1 is 1.35 bits per heavy atom. The predicted octanol–water partition coefficient (Wildman–Crippen LogP) is 2.87. The lowest BCUT2D eigenvalue weighted by Gasteiger charge is -2.43. The van der Waals surface area contributed by atoms with E-state index in [2.05, 4.69) is 0 Å². The summed E-state index contributed by atoms with van der Waals surface area (Å²) in [7, 11) is -0.783. The van der Waals surface area contributed by atoms with Crippen molar-refractivity contribution in [2.45, 2.75) is 61.5 Å². The van der Waals surface area contributed by atoms with Crippen molar-refractivity contribution in [3.63, 3.8) is 0 Å². The number of aryl methyl sites for hydroxylation is 1. The zero-order chi connectivity index (χ0) is 14.3. The molecule has 2 atom stereocenters. The van der Waals surface area contributed by atoms with Gasteiger partial charge >= 0.3 is 0 Å². The molecule has 1 aromatic rings. The van der Waals surface area contributed by atoms with Crippen LogP contribution in [0.2, 0.25) is 0 Å². The summed E-state index contributed by atoms with van der Waals surface area (Å²) < 4.78 is 25.8. The normalized spacial score (nSPS) is 36.9. The molecule has 0 aliphatic carbocycles. The zero-order valence-corrected chi connectivity index (χ0v) is 12.6. The van der Waals surface area contributed by atoms with Crippen molar-refractivity contribution in [3.05, 3.63) is 35.1 Å². The third-order valence-electron chi connectivity index (χ3n) is 4.69. The molecule has 2 aliphatic rings. The highest BCUT2D eigenvalue weighted by Crippen LogP contribution is 2.40. The average molecular weight is 296 g/mol. The minimum atomic E-state index is -0.814. The summed E-state index contributed by atoms with van der Waals surface area (Å²) in [5.41, 5.74) is 0.648. The molecule has 3 rings (SSSR count). The second-order valence-electron chi connectivity index (χ2n) is 6.40. The highest BCUT2D eigenvalue weighted by molar-refractivity contribution is 7.86. The summed E-state index contributed by atoms with van der Waals surface area (Å²) >= 11 is 0. The van der Waals surface area contributed by atoms with Gasteiger partial charge in [0.05, 0.1) is 5.60 Å². The Labute approximate surface area is 121 Å². The van der Waals surface area contributed by atoms with E-state index in [0.29, 0.717) is 24.8 Å². The quantitative estimate of drug-likeness (QED) is 0.911. The summed E-state index contributed by atoms with van der Waals surface area (Å²) in [6, 6.07) is 5.17. The van der Waals surface area contributed by atoms with Gasteiger partial charge < -0.3 is 5.11 Å². The number of halogens is 1. The molecule has 2 aliphatic heterocycles. The van der Waals surface area contributed by atoms with E-state index in [4.69, 9.17) is 0 Å². The molecular formula is C16H21FO2S. The molecule has 0 saturated carbocycles. The van der Waals surface area contributed by atoms with Crippen molar-refractivity contribution < 1.29 is 13.7 Å². The van der Waals surface area contributed by atoms with Gasteiger partial charge in [-0.15, -0.1) is 0 Å². The molecule has 1 aromatic carbocycles. The van der Waals surface area contributed by atoms with Crippen molar-refractivity contribution in [1.29, 1.82) is 0 Å². The van der Waals surface area contributed by atoms with E-state index in [9.17, 15) is 13.7 Å². The summed E-state index contributed by atoms with van der Waals surface area (Å²) in [5.74, 6) is -0.217. The van der Waals surface area contributed by atoms with Crippen molar-refractivity contribution >= 4 is 10.8 Å². The van der Waals surface area contributed by atoms with Crippen LogP contribution in [-0.2, 0) is 17.2 Å². The van der Waals surface area contributed by atoms with Crippen molar-refractivity contribution in [2.75, 3.05) is 0 Å². The fourth-order valence-electron chi connectivity index (χ4n) is 3.65. The largest absolute Gasteiger partial charge is 0.389 e. The standard InChI is InChI=1S/C16H21FO2S/c1-11-5-6-12(7-15(11)17)8-16(18)9-13-3-2-4-14(10-16)20(13)19/h5-7,13-14,18H,2-4,8-10H2,1H3. The van der Waals surface area contributed by atoms with E-state index in [1.165, 1.54) is 6.07 Å². The van der Waals surface area contributed by atoms with Gasteiger partial charge in [0, 0.05) is 27.7 Å². The van der Waals surface area contributed by atoms with Crippen LogP contribution in [0.25, 0.3) is 0 Å². The molecule has 4 heteroatoms. The van der Waals surface area contributed by atoms with Gasteiger partial charge in [-0.25, -0.2) is 4.39 Å². The Balaban J connectivity index is 1.79. The van der Waals surface area contributed by atoms with Gasteiger partial charge in [0.15, 0.2) is 0 Å². The first-order chi connectivity index (χ1) is 9.47. The monoisotopic (exact) mass is 296 g/mol. The first-order valence-electron chi connectivity index (χ1n) is 7.34. The molecule has 2 heterocycles. The van der Waals surface area contributed by atoms with Crippen LogP contribution in [0.15, 0.2) is 18.2 Å². The summed E-state index contributed by atoms with van der Waals surface area (Å²) in [5, 5.41) is 11.1. The first-order valence-corrected chi connectivity index (χ1v) is 8.61. The third kappa shape index (κ3) is 2.68. The second kappa shape index (κ2) is 5.23. The highest BCUT2D eigenvalue weighted by Gasteiger charge is 2.45. The Kier molecular flexibility index (Phi) is 3.71. The number of aliphatic hydroxyl groups is 1. The maximum absolute atomic E-state index is 13.6. The van der Waals surface area contributed by atoms with E-state index in [1.54, 1.807) is 13.0 Å². The fraction of sp³-hybridized carbons (Fsp3) is 0.625. The Bertz CT molecular complexity index is 527. The maximum atomic E-state index is 13.6. The highest BCUT2D eigenvalue weighted by atomic mass is 32.2. The van der Waals surface area contributed by atoms with E-state index in [0.717, 1.165) is 24.8 Å². The number of benzene rings is 1. The number of hydrogen-bond donors (Lipinski definition) is 1. The number of rotatable bonds is 2. The lowest BCUT2D eigenvalue weighted by molar-refractivity contribution is 0.0114. The molecule has 0 spiro atoms. The maximum Gasteiger partial charge on any atom is 0.126 e. The molecular weight excluding hydrogens is 275 g/mol. The SMILES string of the molecule is Cc1ccc(CC2(O)CC3CCCC(C2)S3=O)cc1F. The lowest BCUT2D eigenvalue weighted by Crippen LogP contribution is -2.50. The lowest BCUT2D eigenvalue weighted by atomic mass is 9.81. The zero-order valence-electron chi connectivity index (χ0n) is 11.8. The molecule has 0 amide bonds. The van der Waals surface area contributed by atoms with Gasteiger partial charge in [-0.3, -0.25) is 4.21 Å². The van der Waals surface area contributed by atoms with Gasteiger partial charge in [-0.05, 0) is 49.8 Å². The fourth-order valence-corrected chi connectivity index (χ4v) is 5.94. The van der Waals surface area contributed by atoms with Gasteiger partial charge in [0.2, 0.25) is 0 Å². The van der Waals surface area contributed by atoms with E-state index >= 15 is 0 Å². The van der Waals surface area contributed by atoms with Crippen LogP contribution >= 0.6 is 0 Å². The van der Waals surface area contributed by atoms with Gasteiger partial charge in [0.25, 0.3) is 0 Å². The van der Waals surface area contributed by atoms with Crippen molar-refractivity contribution in [2.24, 2.45) is 0 Å². The second-order valence-corrected chi connectivity index (χ2v) is 8.39.